The lowest BCUT2D eigenvalue weighted by atomic mass is 9.99. The summed E-state index contributed by atoms with van der Waals surface area (Å²) < 4.78 is 10.3. The highest BCUT2D eigenvalue weighted by atomic mass is 16.7. The van der Waals surface area contributed by atoms with Crippen molar-refractivity contribution in [3.63, 3.8) is 0 Å². The number of hydrogen-bond donors (Lipinski definition) is 5. The van der Waals surface area contributed by atoms with Crippen LogP contribution < -0.4 is 0 Å². The van der Waals surface area contributed by atoms with E-state index in [1.165, 1.54) is 0 Å². The number of hydrogen-bond acceptors (Lipinski definition) is 7. The summed E-state index contributed by atoms with van der Waals surface area (Å²) in [5, 5.41) is 46.0. The van der Waals surface area contributed by atoms with Crippen LogP contribution in [0.4, 0.5) is 0 Å². The first-order valence-electron chi connectivity index (χ1n) is 5.64. The Morgan fingerprint density at radius 3 is 2.24 bits per heavy atom. The maximum absolute atomic E-state index is 9.59. The van der Waals surface area contributed by atoms with E-state index < -0.39 is 37.3 Å². The van der Waals surface area contributed by atoms with Gasteiger partial charge in [-0.2, -0.15) is 0 Å². The average molecular weight is 252 g/mol. The molecule has 17 heavy (non-hydrogen) atoms. The van der Waals surface area contributed by atoms with E-state index in [-0.39, 0.29) is 13.2 Å². The molecule has 0 saturated carbocycles. The molecular formula is C10H20O7. The van der Waals surface area contributed by atoms with E-state index in [1.807, 2.05) is 0 Å². The Labute approximate surface area is 99.2 Å². The highest BCUT2D eigenvalue weighted by Gasteiger charge is 2.43. The molecule has 0 aliphatic carbocycles. The van der Waals surface area contributed by atoms with E-state index >= 15 is 0 Å². The van der Waals surface area contributed by atoms with Crippen molar-refractivity contribution in [1.29, 1.82) is 0 Å². The van der Waals surface area contributed by atoms with Crippen LogP contribution in [-0.2, 0) is 9.47 Å². The molecular weight excluding hydrogens is 232 g/mol. The van der Waals surface area contributed by atoms with Crippen LogP contribution in [0.5, 0.6) is 0 Å². The summed E-state index contributed by atoms with van der Waals surface area (Å²) in [5.41, 5.74) is 0. The van der Waals surface area contributed by atoms with Gasteiger partial charge in [-0.05, 0) is 12.8 Å². The minimum atomic E-state index is -1.41. The van der Waals surface area contributed by atoms with Crippen LogP contribution >= 0.6 is 0 Å². The molecule has 1 saturated heterocycles. The normalized spacial score (nSPS) is 38.3. The molecule has 0 aromatic heterocycles. The molecule has 1 fully saturated rings. The fourth-order valence-corrected chi connectivity index (χ4v) is 1.62. The number of aliphatic hydroxyl groups is 5. The quantitative estimate of drug-likeness (QED) is 0.333. The summed E-state index contributed by atoms with van der Waals surface area (Å²) >= 11 is 0. The third-order valence-corrected chi connectivity index (χ3v) is 2.68. The van der Waals surface area contributed by atoms with Crippen LogP contribution in [0, 0.1) is 0 Å². The van der Waals surface area contributed by atoms with Gasteiger partial charge in [-0.15, -0.1) is 0 Å². The zero-order valence-corrected chi connectivity index (χ0v) is 9.47. The van der Waals surface area contributed by atoms with Crippen molar-refractivity contribution in [2.75, 3.05) is 19.8 Å². The number of ether oxygens (including phenoxy) is 2. The number of aliphatic hydroxyl groups excluding tert-OH is 5. The lowest BCUT2D eigenvalue weighted by Crippen LogP contribution is -2.59. The Hall–Kier alpha value is -0.280. The second kappa shape index (κ2) is 7.22. The van der Waals surface area contributed by atoms with E-state index in [1.54, 1.807) is 0 Å². The SMILES string of the molecule is OCCCCOC1O[C@H](CO)[C@@H](O)[C@H](O)[C@H]1O. The zero-order valence-electron chi connectivity index (χ0n) is 9.47. The maximum Gasteiger partial charge on any atom is 0.186 e. The fraction of sp³-hybridized carbons (Fsp3) is 1.00. The monoisotopic (exact) mass is 252 g/mol. The van der Waals surface area contributed by atoms with Gasteiger partial charge in [0.2, 0.25) is 0 Å². The van der Waals surface area contributed by atoms with Gasteiger partial charge in [-0.1, -0.05) is 0 Å². The summed E-state index contributed by atoms with van der Waals surface area (Å²) in [6, 6.07) is 0. The van der Waals surface area contributed by atoms with Crippen LogP contribution in [0.2, 0.25) is 0 Å². The van der Waals surface area contributed by atoms with Gasteiger partial charge in [-0.3, -0.25) is 0 Å². The minimum Gasteiger partial charge on any atom is -0.396 e. The summed E-state index contributed by atoms with van der Waals surface area (Å²) in [5.74, 6) is 0. The first-order chi connectivity index (χ1) is 8.11. The van der Waals surface area contributed by atoms with Gasteiger partial charge in [0, 0.05) is 13.2 Å². The van der Waals surface area contributed by atoms with Crippen LogP contribution in [0.1, 0.15) is 12.8 Å². The Morgan fingerprint density at radius 2 is 1.65 bits per heavy atom. The second-order valence-corrected chi connectivity index (χ2v) is 4.00. The maximum atomic E-state index is 9.59. The first-order valence-corrected chi connectivity index (χ1v) is 5.64. The van der Waals surface area contributed by atoms with Crippen LogP contribution in [0.25, 0.3) is 0 Å². The molecule has 0 spiro atoms. The molecule has 1 aliphatic rings. The largest absolute Gasteiger partial charge is 0.396 e. The van der Waals surface area contributed by atoms with E-state index in [0.29, 0.717) is 12.8 Å². The molecule has 5 N–H and O–H groups in total. The second-order valence-electron chi connectivity index (χ2n) is 4.00. The average Bonchev–Trinajstić information content (AvgIpc) is 2.34. The smallest absolute Gasteiger partial charge is 0.186 e. The zero-order chi connectivity index (χ0) is 12.8. The molecule has 1 rings (SSSR count). The van der Waals surface area contributed by atoms with Gasteiger partial charge in [0.1, 0.15) is 24.4 Å². The topological polar surface area (TPSA) is 120 Å². The van der Waals surface area contributed by atoms with Crippen LogP contribution in [0.3, 0.4) is 0 Å². The van der Waals surface area contributed by atoms with E-state index in [9.17, 15) is 15.3 Å². The standard InChI is InChI=1S/C10H20O7/c11-3-1-2-4-16-10-9(15)8(14)7(13)6(5-12)17-10/h6-15H,1-5H2/t6-,7-,8+,9-,10?/m1/s1. The third kappa shape index (κ3) is 3.85. The van der Waals surface area contributed by atoms with Gasteiger partial charge in [-0.25, -0.2) is 0 Å². The van der Waals surface area contributed by atoms with Crippen molar-refractivity contribution in [1.82, 2.24) is 0 Å². The molecule has 0 aromatic rings. The summed E-state index contributed by atoms with van der Waals surface area (Å²) in [6.07, 6.45) is -5.01. The molecule has 0 radical (unpaired) electrons. The minimum absolute atomic E-state index is 0.0536. The lowest BCUT2D eigenvalue weighted by Gasteiger charge is -2.39. The molecule has 102 valence electrons. The highest BCUT2D eigenvalue weighted by molar-refractivity contribution is 4.88. The summed E-state index contributed by atoms with van der Waals surface area (Å²) in [7, 11) is 0. The Bertz CT molecular complexity index is 211. The van der Waals surface area contributed by atoms with Crippen molar-refractivity contribution in [2.24, 2.45) is 0 Å². The molecule has 0 bridgehead atoms. The van der Waals surface area contributed by atoms with Gasteiger partial charge in [0.05, 0.1) is 6.61 Å². The van der Waals surface area contributed by atoms with Crippen molar-refractivity contribution < 1.29 is 35.0 Å². The van der Waals surface area contributed by atoms with Crippen molar-refractivity contribution in [3.8, 4) is 0 Å². The molecule has 7 nitrogen and oxygen atoms in total. The predicted molar refractivity (Wildman–Crippen MR) is 56.0 cm³/mol. The van der Waals surface area contributed by atoms with Gasteiger partial charge in [0.25, 0.3) is 0 Å². The van der Waals surface area contributed by atoms with E-state index in [4.69, 9.17) is 19.7 Å². The summed E-state index contributed by atoms with van der Waals surface area (Å²) in [6.45, 7) is -0.164. The van der Waals surface area contributed by atoms with Crippen molar-refractivity contribution in [3.05, 3.63) is 0 Å². The molecule has 5 atom stereocenters. The Kier molecular flexibility index (Phi) is 6.28. The van der Waals surface area contributed by atoms with Crippen LogP contribution in [-0.4, -0.2) is 76.1 Å². The van der Waals surface area contributed by atoms with E-state index in [2.05, 4.69) is 0 Å². The van der Waals surface area contributed by atoms with Crippen molar-refractivity contribution >= 4 is 0 Å². The fourth-order valence-electron chi connectivity index (χ4n) is 1.62. The number of unbranched alkanes of at least 4 members (excludes halogenated alkanes) is 1. The lowest BCUT2D eigenvalue weighted by molar-refractivity contribution is -0.301. The van der Waals surface area contributed by atoms with Gasteiger partial charge >= 0.3 is 0 Å². The molecule has 1 aliphatic heterocycles. The molecule has 0 amide bonds. The number of rotatable bonds is 6. The van der Waals surface area contributed by atoms with Crippen molar-refractivity contribution in [2.45, 2.75) is 43.5 Å². The summed E-state index contributed by atoms with van der Waals surface area (Å²) in [4.78, 5) is 0. The van der Waals surface area contributed by atoms with E-state index in [0.717, 1.165) is 0 Å². The Morgan fingerprint density at radius 1 is 0.941 bits per heavy atom. The predicted octanol–water partition coefficient (Wildman–Crippen LogP) is -2.42. The van der Waals surface area contributed by atoms with Gasteiger partial charge < -0.3 is 35.0 Å². The highest BCUT2D eigenvalue weighted by Crippen LogP contribution is 2.21. The molecule has 1 unspecified atom stereocenters. The Balaban J connectivity index is 2.42. The molecule has 0 aromatic carbocycles. The molecule has 1 heterocycles. The first kappa shape index (κ1) is 14.8. The van der Waals surface area contributed by atoms with Crippen LogP contribution in [0.15, 0.2) is 0 Å². The van der Waals surface area contributed by atoms with Gasteiger partial charge in [0.15, 0.2) is 6.29 Å². The third-order valence-electron chi connectivity index (χ3n) is 2.68. The molecule has 7 heteroatoms.